The molecule has 8 nitrogen and oxygen atoms in total. The molecule has 13 heteroatoms. The molecule has 0 aromatic heterocycles. The van der Waals surface area contributed by atoms with Crippen LogP contribution in [-0.4, -0.2) is 38.9 Å². The van der Waals surface area contributed by atoms with Crippen molar-refractivity contribution in [2.75, 3.05) is 0 Å². The molecule has 0 bridgehead atoms. The molecule has 1 aliphatic rings. The molecule has 1 aromatic carbocycles. The SMILES string of the molecule is [C-]#[N+]C(C#N)S(=O)(=O)C(C)CC.[C-]#[N+]C1=C(C)C(S(=O)(=O)c2ccc(C(C)CC)cc2)C(C(F)(F)F)=C1C#N. The molecule has 0 fully saturated rings. The minimum absolute atomic E-state index is 0.180. The fraction of sp³-hybridized carbons (Fsp3) is 0.462. The van der Waals surface area contributed by atoms with Gasteiger partial charge in [0.15, 0.2) is 15.9 Å². The van der Waals surface area contributed by atoms with Gasteiger partial charge in [-0.3, -0.25) is 4.85 Å². The first kappa shape index (κ1) is 33.4. The number of nitrogens with zero attached hydrogens (tertiary/aromatic N) is 4. The van der Waals surface area contributed by atoms with Gasteiger partial charge in [0, 0.05) is 0 Å². The van der Waals surface area contributed by atoms with E-state index in [2.05, 4.69) is 9.69 Å². The Morgan fingerprint density at radius 1 is 1.03 bits per heavy atom. The lowest BCUT2D eigenvalue weighted by Crippen LogP contribution is -2.31. The maximum atomic E-state index is 13.6. The van der Waals surface area contributed by atoms with Crippen LogP contribution in [0.25, 0.3) is 9.69 Å². The number of benzene rings is 1. The van der Waals surface area contributed by atoms with Crippen LogP contribution in [0.5, 0.6) is 0 Å². The number of sulfone groups is 2. The molecule has 4 unspecified atom stereocenters. The van der Waals surface area contributed by atoms with Gasteiger partial charge in [0.2, 0.25) is 15.5 Å². The first-order valence-electron chi connectivity index (χ1n) is 11.6. The van der Waals surface area contributed by atoms with Crippen molar-refractivity contribution < 1.29 is 30.0 Å². The van der Waals surface area contributed by atoms with Crippen LogP contribution in [0.1, 0.15) is 58.9 Å². The number of allylic oxidation sites excluding steroid dienone is 1. The summed E-state index contributed by atoms with van der Waals surface area (Å²) in [6.07, 6.45) is -3.79. The Morgan fingerprint density at radius 2 is 1.56 bits per heavy atom. The van der Waals surface area contributed by atoms with E-state index in [1.54, 1.807) is 19.1 Å². The Bertz CT molecular complexity index is 1520. The molecule has 0 saturated carbocycles. The Kier molecular flexibility index (Phi) is 11.1. The number of hydrogen-bond donors (Lipinski definition) is 0. The van der Waals surface area contributed by atoms with Crippen LogP contribution in [0, 0.1) is 35.8 Å². The van der Waals surface area contributed by atoms with Crippen molar-refractivity contribution in [3.05, 3.63) is 75.1 Å². The molecule has 0 heterocycles. The van der Waals surface area contributed by atoms with E-state index in [1.807, 2.05) is 13.8 Å². The molecule has 1 aromatic rings. The molecule has 4 atom stereocenters. The van der Waals surface area contributed by atoms with E-state index in [0.29, 0.717) is 6.42 Å². The van der Waals surface area contributed by atoms with Gasteiger partial charge in [0.1, 0.15) is 5.25 Å². The van der Waals surface area contributed by atoms with E-state index in [9.17, 15) is 30.0 Å². The lowest BCUT2D eigenvalue weighted by molar-refractivity contribution is -0.0928. The standard InChI is InChI=1S/C19H17F3N2O2S.C7H10N2O2S/c1-5-11(2)13-6-8-14(9-7-13)27(25,26)18-12(3)17(24-4)15(10-23)16(18)19(20,21)22;1-4-6(2)12(10,11)7(5-8)9-3/h6-9,11,18H,5H2,1-3H3;6-7H,4H2,1-2H3. The van der Waals surface area contributed by atoms with Gasteiger partial charge in [-0.1, -0.05) is 39.8 Å². The van der Waals surface area contributed by atoms with Gasteiger partial charge in [-0.25, -0.2) is 28.3 Å². The van der Waals surface area contributed by atoms with Gasteiger partial charge in [0.25, 0.3) is 0 Å². The number of halogens is 3. The number of nitriles is 2. The highest BCUT2D eigenvalue weighted by atomic mass is 32.2. The summed E-state index contributed by atoms with van der Waals surface area (Å²) in [5.74, 6) is 0.180. The predicted octanol–water partition coefficient (Wildman–Crippen LogP) is 5.90. The van der Waals surface area contributed by atoms with Gasteiger partial charge in [0.05, 0.1) is 33.9 Å². The summed E-state index contributed by atoms with van der Waals surface area (Å²) in [5, 5.41) is 13.2. The second-order valence-electron chi connectivity index (χ2n) is 8.76. The van der Waals surface area contributed by atoms with Crippen LogP contribution in [0.3, 0.4) is 0 Å². The molecule has 2 rings (SSSR count). The van der Waals surface area contributed by atoms with E-state index in [1.165, 1.54) is 31.2 Å². The van der Waals surface area contributed by atoms with Crippen molar-refractivity contribution in [1.29, 1.82) is 10.5 Å². The monoisotopic (exact) mass is 580 g/mol. The van der Waals surface area contributed by atoms with Crippen LogP contribution >= 0.6 is 0 Å². The molecule has 0 amide bonds. The van der Waals surface area contributed by atoms with Crippen LogP contribution in [-0.2, 0) is 19.7 Å². The minimum atomic E-state index is -5.05. The molecule has 0 saturated heterocycles. The molecule has 0 aliphatic heterocycles. The first-order chi connectivity index (χ1) is 18.0. The quantitative estimate of drug-likeness (QED) is 0.370. The van der Waals surface area contributed by atoms with Gasteiger partial charge < -0.3 is 0 Å². The maximum Gasteiger partial charge on any atom is 0.414 e. The summed E-state index contributed by atoms with van der Waals surface area (Å²) < 4.78 is 89.3. The van der Waals surface area contributed by atoms with Crippen molar-refractivity contribution in [3.63, 3.8) is 0 Å². The number of hydrogen-bond acceptors (Lipinski definition) is 6. The third-order valence-corrected chi connectivity index (χ3v) is 10.9. The molecule has 0 N–H and O–H groups in total. The molecule has 1 aliphatic carbocycles. The lowest BCUT2D eigenvalue weighted by atomic mass is 9.99. The molecule has 0 radical (unpaired) electrons. The summed E-state index contributed by atoms with van der Waals surface area (Å²) in [7, 11) is -8.05. The summed E-state index contributed by atoms with van der Waals surface area (Å²) in [5.41, 5.74) is -2.35. The highest BCUT2D eigenvalue weighted by molar-refractivity contribution is 7.93. The molecular weight excluding hydrogens is 553 g/mol. The zero-order valence-corrected chi connectivity index (χ0v) is 23.5. The van der Waals surface area contributed by atoms with E-state index in [4.69, 9.17) is 23.7 Å². The molecule has 39 heavy (non-hydrogen) atoms. The smallest absolute Gasteiger partial charge is 0.280 e. The highest BCUT2D eigenvalue weighted by Crippen LogP contribution is 2.46. The average molecular weight is 581 g/mol. The summed E-state index contributed by atoms with van der Waals surface area (Å²) in [6.45, 7) is 21.9. The van der Waals surface area contributed by atoms with E-state index < -0.39 is 58.6 Å². The van der Waals surface area contributed by atoms with E-state index in [0.717, 1.165) is 18.9 Å². The van der Waals surface area contributed by atoms with Gasteiger partial charge in [-0.05, 0) is 49.0 Å². The topological polar surface area (TPSA) is 125 Å². The largest absolute Gasteiger partial charge is 0.414 e. The van der Waals surface area contributed by atoms with Crippen LogP contribution in [0.15, 0.2) is 51.6 Å². The third-order valence-electron chi connectivity index (χ3n) is 6.44. The third kappa shape index (κ3) is 6.87. The Balaban J connectivity index is 0.000000534. The van der Waals surface area contributed by atoms with Gasteiger partial charge >= 0.3 is 11.6 Å². The van der Waals surface area contributed by atoms with Crippen LogP contribution in [0.2, 0.25) is 0 Å². The Hall–Kier alpha value is -3.65. The average Bonchev–Trinajstić information content (AvgIpc) is 3.21. The van der Waals surface area contributed by atoms with Crippen molar-refractivity contribution >= 4 is 19.7 Å². The van der Waals surface area contributed by atoms with Gasteiger partial charge in [-0.15, -0.1) is 0 Å². The molecular formula is C26H27F3N4O4S2. The minimum Gasteiger partial charge on any atom is -0.280 e. The molecule has 0 spiro atoms. The normalized spacial score (nSPS) is 18.0. The maximum absolute atomic E-state index is 13.6. The zero-order valence-electron chi connectivity index (χ0n) is 21.9. The fourth-order valence-corrected chi connectivity index (χ4v) is 6.84. The second-order valence-corrected chi connectivity index (χ2v) is 13.2. The van der Waals surface area contributed by atoms with Crippen molar-refractivity contribution in [2.45, 2.75) is 80.3 Å². The number of alkyl halides is 3. The zero-order chi connectivity index (χ0) is 30.3. The van der Waals surface area contributed by atoms with Crippen LogP contribution < -0.4 is 0 Å². The lowest BCUT2D eigenvalue weighted by Gasteiger charge is -2.21. The first-order valence-corrected chi connectivity index (χ1v) is 14.8. The van der Waals surface area contributed by atoms with Crippen molar-refractivity contribution in [2.24, 2.45) is 0 Å². The van der Waals surface area contributed by atoms with Gasteiger partial charge in [-0.2, -0.15) is 23.7 Å². The summed E-state index contributed by atoms with van der Waals surface area (Å²) >= 11 is 0. The summed E-state index contributed by atoms with van der Waals surface area (Å²) in [6, 6.07) is 8.53. The van der Waals surface area contributed by atoms with Crippen LogP contribution in [0.4, 0.5) is 13.2 Å². The van der Waals surface area contributed by atoms with Crippen molar-refractivity contribution in [1.82, 2.24) is 0 Å². The highest BCUT2D eigenvalue weighted by Gasteiger charge is 2.52. The fourth-order valence-electron chi connectivity index (χ4n) is 3.72. The Morgan fingerprint density at radius 3 is 1.92 bits per heavy atom. The number of rotatable bonds is 7. The van der Waals surface area contributed by atoms with E-state index >= 15 is 0 Å². The second kappa shape index (κ2) is 12.9. The summed E-state index contributed by atoms with van der Waals surface area (Å²) in [4.78, 5) is 5.45. The van der Waals surface area contributed by atoms with Crippen molar-refractivity contribution in [3.8, 4) is 12.1 Å². The molecule has 208 valence electrons. The predicted molar refractivity (Wildman–Crippen MR) is 139 cm³/mol. The van der Waals surface area contributed by atoms with E-state index in [-0.39, 0.29) is 16.4 Å². The Labute approximate surface area is 227 Å².